The van der Waals surface area contributed by atoms with Gasteiger partial charge in [0.25, 0.3) is 10.1 Å². The van der Waals surface area contributed by atoms with Crippen LogP contribution in [0, 0.1) is 47.3 Å². The molecule has 0 bridgehead atoms. The van der Waals surface area contributed by atoms with Crippen molar-refractivity contribution in [3.8, 4) is 0 Å². The maximum Gasteiger partial charge on any atom is 0.302 e. The normalized spacial score (nSPS) is 39.7. The van der Waals surface area contributed by atoms with Crippen LogP contribution >= 0.6 is 0 Å². The predicted octanol–water partition coefficient (Wildman–Crippen LogP) is 5.83. The minimum absolute atomic E-state index is 0.0155. The fraction of sp³-hybridized carbons (Fsp3) is 0.742. The number of esters is 2. The molecule has 0 heterocycles. The van der Waals surface area contributed by atoms with Gasteiger partial charge in [-0.3, -0.25) is 13.8 Å². The second-order valence-corrected chi connectivity index (χ2v) is 14.9. The number of benzene rings is 1. The molecule has 216 valence electrons. The first kappa shape index (κ1) is 28.6. The van der Waals surface area contributed by atoms with E-state index in [1.807, 2.05) is 6.92 Å². The van der Waals surface area contributed by atoms with Crippen molar-refractivity contribution in [2.75, 3.05) is 6.61 Å². The van der Waals surface area contributed by atoms with E-state index in [9.17, 15) is 18.0 Å². The molecule has 0 spiro atoms. The van der Waals surface area contributed by atoms with E-state index >= 15 is 0 Å². The average Bonchev–Trinajstić information content (AvgIpc) is 3.14. The van der Waals surface area contributed by atoms with E-state index in [1.165, 1.54) is 13.8 Å². The lowest BCUT2D eigenvalue weighted by atomic mass is 9.45. The van der Waals surface area contributed by atoms with E-state index < -0.39 is 10.1 Å². The van der Waals surface area contributed by atoms with E-state index in [-0.39, 0.29) is 52.4 Å². The zero-order valence-electron chi connectivity index (χ0n) is 24.0. The fourth-order valence-corrected chi connectivity index (χ4v) is 10.2. The molecule has 39 heavy (non-hydrogen) atoms. The Kier molecular flexibility index (Phi) is 7.68. The molecule has 4 fully saturated rings. The third-order valence-electron chi connectivity index (χ3n) is 11.1. The highest BCUT2D eigenvalue weighted by atomic mass is 32.2. The number of hydrogen-bond donors (Lipinski definition) is 0. The van der Waals surface area contributed by atoms with Crippen molar-refractivity contribution in [1.82, 2.24) is 0 Å². The zero-order valence-corrected chi connectivity index (χ0v) is 24.8. The zero-order chi connectivity index (χ0) is 28.2. The van der Waals surface area contributed by atoms with Crippen molar-refractivity contribution >= 4 is 22.1 Å². The highest BCUT2D eigenvalue weighted by Crippen LogP contribution is 2.67. The topological polar surface area (TPSA) is 96.0 Å². The third-order valence-corrected chi connectivity index (χ3v) is 12.4. The largest absolute Gasteiger partial charge is 0.463 e. The van der Waals surface area contributed by atoms with Gasteiger partial charge in [-0.15, -0.1) is 0 Å². The van der Waals surface area contributed by atoms with Crippen LogP contribution in [-0.2, 0) is 33.4 Å². The van der Waals surface area contributed by atoms with Gasteiger partial charge in [-0.05, 0) is 99.5 Å². The quantitative estimate of drug-likeness (QED) is 0.319. The van der Waals surface area contributed by atoms with Crippen LogP contribution in [0.3, 0.4) is 0 Å². The molecular weight excluding hydrogens is 516 g/mol. The highest BCUT2D eigenvalue weighted by molar-refractivity contribution is 7.86. The molecule has 9 atom stereocenters. The summed E-state index contributed by atoms with van der Waals surface area (Å²) < 4.78 is 43.2. The van der Waals surface area contributed by atoms with Crippen LogP contribution in [0.1, 0.15) is 84.6 Å². The molecule has 0 aliphatic heterocycles. The molecule has 4 saturated carbocycles. The summed E-state index contributed by atoms with van der Waals surface area (Å²) in [6.45, 7) is 9.57. The SMILES string of the molecule is CC(=O)O[C@H]1CC[C@@]2(C)[C@@H](CC[C@@H]3[C@@H]2CC[C@@]2(C)[C@H]3C[C@@H](COS(=O)(=O)c3ccc(C)cc3)[C@@H]2OC(C)=O)C1. The molecule has 0 unspecified atom stereocenters. The molecule has 4 aliphatic rings. The van der Waals surface area contributed by atoms with Gasteiger partial charge in [-0.1, -0.05) is 31.5 Å². The Bertz CT molecular complexity index is 1190. The summed E-state index contributed by atoms with van der Waals surface area (Å²) in [5, 5.41) is 0. The van der Waals surface area contributed by atoms with Gasteiger partial charge in [-0.25, -0.2) is 0 Å². The molecule has 0 radical (unpaired) electrons. The van der Waals surface area contributed by atoms with E-state index in [2.05, 4.69) is 13.8 Å². The van der Waals surface area contributed by atoms with Gasteiger partial charge in [-0.2, -0.15) is 8.42 Å². The van der Waals surface area contributed by atoms with Crippen molar-refractivity contribution in [3.05, 3.63) is 29.8 Å². The van der Waals surface area contributed by atoms with Crippen LogP contribution in [0.15, 0.2) is 29.2 Å². The van der Waals surface area contributed by atoms with Crippen LogP contribution in [0.4, 0.5) is 0 Å². The van der Waals surface area contributed by atoms with Gasteiger partial charge < -0.3 is 9.47 Å². The van der Waals surface area contributed by atoms with Crippen LogP contribution in [0.5, 0.6) is 0 Å². The van der Waals surface area contributed by atoms with Gasteiger partial charge in [0.05, 0.1) is 11.5 Å². The molecule has 0 N–H and O–H groups in total. The minimum Gasteiger partial charge on any atom is -0.463 e. The van der Waals surface area contributed by atoms with E-state index in [0.717, 1.165) is 56.9 Å². The molecule has 5 rings (SSSR count). The fourth-order valence-electron chi connectivity index (χ4n) is 9.21. The molecule has 8 heteroatoms. The summed E-state index contributed by atoms with van der Waals surface area (Å²) in [7, 11) is -3.91. The molecule has 0 aromatic heterocycles. The summed E-state index contributed by atoms with van der Waals surface area (Å²) in [5.41, 5.74) is 0.989. The Morgan fingerprint density at radius 3 is 2.21 bits per heavy atom. The van der Waals surface area contributed by atoms with Gasteiger partial charge in [0.2, 0.25) is 0 Å². The highest BCUT2D eigenvalue weighted by Gasteiger charge is 2.63. The van der Waals surface area contributed by atoms with Crippen molar-refractivity contribution < 1.29 is 31.7 Å². The monoisotopic (exact) mass is 560 g/mol. The molecule has 1 aromatic carbocycles. The lowest BCUT2D eigenvalue weighted by Gasteiger charge is -2.60. The molecule has 0 saturated heterocycles. The number of ether oxygens (including phenoxy) is 2. The number of carbonyl (C=O) groups is 2. The number of hydrogen-bond acceptors (Lipinski definition) is 7. The Morgan fingerprint density at radius 2 is 1.54 bits per heavy atom. The van der Waals surface area contributed by atoms with Gasteiger partial charge in [0.15, 0.2) is 0 Å². The van der Waals surface area contributed by atoms with E-state index in [0.29, 0.717) is 23.7 Å². The molecule has 0 amide bonds. The second-order valence-electron chi connectivity index (χ2n) is 13.3. The van der Waals surface area contributed by atoms with Crippen LogP contribution in [0.2, 0.25) is 0 Å². The van der Waals surface area contributed by atoms with Gasteiger partial charge in [0.1, 0.15) is 12.2 Å². The average molecular weight is 561 g/mol. The van der Waals surface area contributed by atoms with Crippen LogP contribution in [-0.4, -0.2) is 39.2 Å². The van der Waals surface area contributed by atoms with Crippen molar-refractivity contribution in [2.45, 2.75) is 103 Å². The van der Waals surface area contributed by atoms with E-state index in [1.54, 1.807) is 24.3 Å². The van der Waals surface area contributed by atoms with Gasteiger partial charge in [0, 0.05) is 25.2 Å². The Morgan fingerprint density at radius 1 is 0.872 bits per heavy atom. The number of fused-ring (bicyclic) bond motifs is 5. The van der Waals surface area contributed by atoms with Crippen LogP contribution < -0.4 is 0 Å². The second kappa shape index (κ2) is 10.5. The smallest absolute Gasteiger partial charge is 0.302 e. The lowest BCUT2D eigenvalue weighted by Crippen LogP contribution is -2.55. The first-order valence-corrected chi connectivity index (χ1v) is 16.0. The number of aryl methyl sites for hydroxylation is 1. The van der Waals surface area contributed by atoms with Gasteiger partial charge >= 0.3 is 11.9 Å². The number of rotatable bonds is 6. The van der Waals surface area contributed by atoms with E-state index in [4.69, 9.17) is 13.7 Å². The minimum atomic E-state index is -3.91. The van der Waals surface area contributed by atoms with Crippen molar-refractivity contribution in [3.63, 3.8) is 0 Å². The molecular formula is C31H44O7S. The first-order chi connectivity index (χ1) is 18.3. The summed E-state index contributed by atoms with van der Waals surface area (Å²) in [6.07, 6.45) is 7.66. The Hall–Kier alpha value is -1.93. The Balaban J connectivity index is 1.35. The molecule has 1 aromatic rings. The maximum absolute atomic E-state index is 13.0. The number of carbonyl (C=O) groups excluding carboxylic acids is 2. The molecule has 7 nitrogen and oxygen atoms in total. The van der Waals surface area contributed by atoms with Crippen molar-refractivity contribution in [1.29, 1.82) is 0 Å². The summed E-state index contributed by atoms with van der Waals surface area (Å²) in [4.78, 5) is 24.0. The standard InChI is InChI=1S/C31H44O7S/c1-19-6-9-25(10-7-19)39(34,35)36-18-22-16-28-26-11-8-23-17-24(37-20(2)32)12-14-30(23,4)27(26)13-15-31(28,5)29(22)38-21(3)33/h6-7,9-10,22-24,26-29H,8,11-18H2,1-5H3/t22-,23-,24-,26+,27-,28-,29-,30-,31-/m0/s1. The summed E-state index contributed by atoms with van der Waals surface area (Å²) in [5.74, 6) is 1.29. The summed E-state index contributed by atoms with van der Waals surface area (Å²) >= 11 is 0. The van der Waals surface area contributed by atoms with Crippen molar-refractivity contribution in [2.24, 2.45) is 40.4 Å². The van der Waals surface area contributed by atoms with Crippen LogP contribution in [0.25, 0.3) is 0 Å². The summed E-state index contributed by atoms with van der Waals surface area (Å²) in [6, 6.07) is 6.67. The predicted molar refractivity (Wildman–Crippen MR) is 146 cm³/mol. The lowest BCUT2D eigenvalue weighted by molar-refractivity contribution is -0.169. The Labute approximate surface area is 233 Å². The molecule has 4 aliphatic carbocycles. The maximum atomic E-state index is 13.0. The first-order valence-electron chi connectivity index (χ1n) is 14.6. The third kappa shape index (κ3) is 5.28.